The van der Waals surface area contributed by atoms with E-state index in [2.05, 4.69) is 15.9 Å². The number of aromatic hydroxyl groups is 1. The van der Waals surface area contributed by atoms with Gasteiger partial charge in [0.15, 0.2) is 11.5 Å². The Kier molecular flexibility index (Phi) is 9.58. The highest BCUT2D eigenvalue weighted by atomic mass is 35.5. The summed E-state index contributed by atoms with van der Waals surface area (Å²) in [5.74, 6) is -2.72. The Morgan fingerprint density at radius 1 is 0.906 bits per heavy atom. The number of nitrogens with zero attached hydrogens (tertiary/aromatic N) is 2. The molecule has 2 aromatic rings. The van der Waals surface area contributed by atoms with Crippen molar-refractivity contribution in [2.45, 2.75) is 13.1 Å². The number of aliphatic carboxylic acids is 2. The lowest BCUT2D eigenvalue weighted by Crippen LogP contribution is -2.45. The molecule has 1 fully saturated rings. The molecule has 0 amide bonds. The van der Waals surface area contributed by atoms with Gasteiger partial charge in [-0.05, 0) is 29.3 Å². The molecular weight excluding hydrogens is 440 g/mol. The van der Waals surface area contributed by atoms with E-state index in [1.54, 1.807) is 14.2 Å². The maximum Gasteiger partial charge on any atom is 0.414 e. The Balaban J connectivity index is 0.000000534. The van der Waals surface area contributed by atoms with Crippen LogP contribution in [0, 0.1) is 0 Å². The number of benzene rings is 2. The zero-order chi connectivity index (χ0) is 23.7. The summed E-state index contributed by atoms with van der Waals surface area (Å²) in [7, 11) is 3.09. The predicted octanol–water partition coefficient (Wildman–Crippen LogP) is 2.54. The molecule has 0 spiro atoms. The normalized spacial score (nSPS) is 14.2. The highest BCUT2D eigenvalue weighted by Crippen LogP contribution is 2.37. The van der Waals surface area contributed by atoms with Crippen LogP contribution in [0.3, 0.4) is 0 Å². The third kappa shape index (κ3) is 7.30. The van der Waals surface area contributed by atoms with Crippen molar-refractivity contribution < 1.29 is 34.4 Å². The zero-order valence-electron chi connectivity index (χ0n) is 18.0. The number of carboxylic acid groups (broad SMARTS) is 2. The van der Waals surface area contributed by atoms with Crippen molar-refractivity contribution in [1.82, 2.24) is 9.80 Å². The Bertz CT molecular complexity index is 893. The Morgan fingerprint density at radius 3 is 1.81 bits per heavy atom. The molecular formula is C22H27ClN2O7. The van der Waals surface area contributed by atoms with Crippen molar-refractivity contribution in [2.75, 3.05) is 40.4 Å². The summed E-state index contributed by atoms with van der Waals surface area (Å²) in [6, 6.07) is 11.8. The van der Waals surface area contributed by atoms with Gasteiger partial charge in [0, 0.05) is 44.3 Å². The van der Waals surface area contributed by atoms with E-state index in [9.17, 15) is 5.11 Å². The fourth-order valence-corrected chi connectivity index (χ4v) is 3.47. The van der Waals surface area contributed by atoms with E-state index in [1.807, 2.05) is 30.3 Å². The van der Waals surface area contributed by atoms with Gasteiger partial charge >= 0.3 is 11.9 Å². The molecule has 32 heavy (non-hydrogen) atoms. The summed E-state index contributed by atoms with van der Waals surface area (Å²) >= 11 is 6.27. The molecule has 9 nitrogen and oxygen atoms in total. The monoisotopic (exact) mass is 466 g/mol. The Morgan fingerprint density at radius 2 is 1.38 bits per heavy atom. The number of ether oxygens (including phenoxy) is 2. The highest BCUT2D eigenvalue weighted by molar-refractivity contribution is 6.31. The number of piperazine rings is 1. The zero-order valence-corrected chi connectivity index (χ0v) is 18.7. The minimum atomic E-state index is -1.82. The molecule has 0 bridgehead atoms. The van der Waals surface area contributed by atoms with Crippen molar-refractivity contribution in [3.63, 3.8) is 0 Å². The fourth-order valence-electron chi connectivity index (χ4n) is 3.27. The molecule has 1 saturated heterocycles. The lowest BCUT2D eigenvalue weighted by Gasteiger charge is -2.35. The minimum Gasteiger partial charge on any atom is -0.502 e. The molecule has 3 N–H and O–H groups in total. The Hall–Kier alpha value is -3.01. The van der Waals surface area contributed by atoms with Crippen LogP contribution in [0.2, 0.25) is 5.02 Å². The van der Waals surface area contributed by atoms with Crippen LogP contribution in [-0.2, 0) is 22.7 Å². The molecule has 0 radical (unpaired) electrons. The molecule has 2 aromatic carbocycles. The topological polar surface area (TPSA) is 120 Å². The maximum atomic E-state index is 10.0. The summed E-state index contributed by atoms with van der Waals surface area (Å²) in [6.45, 7) is 5.64. The van der Waals surface area contributed by atoms with E-state index in [-0.39, 0.29) is 5.75 Å². The van der Waals surface area contributed by atoms with Crippen LogP contribution in [0.15, 0.2) is 36.4 Å². The molecule has 0 atom stereocenters. The average Bonchev–Trinajstić information content (AvgIpc) is 2.78. The molecule has 0 unspecified atom stereocenters. The van der Waals surface area contributed by atoms with Gasteiger partial charge in [0.2, 0.25) is 5.75 Å². The van der Waals surface area contributed by atoms with Gasteiger partial charge in [-0.1, -0.05) is 29.8 Å². The van der Waals surface area contributed by atoms with Crippen molar-refractivity contribution in [3.05, 3.63) is 52.5 Å². The maximum absolute atomic E-state index is 10.0. The predicted molar refractivity (Wildman–Crippen MR) is 118 cm³/mol. The van der Waals surface area contributed by atoms with E-state index >= 15 is 0 Å². The molecule has 0 aliphatic carbocycles. The molecule has 0 saturated carbocycles. The van der Waals surface area contributed by atoms with E-state index in [4.69, 9.17) is 40.9 Å². The summed E-state index contributed by atoms with van der Waals surface area (Å²) in [5, 5.41) is 25.6. The van der Waals surface area contributed by atoms with E-state index < -0.39 is 11.9 Å². The fraction of sp³-hybridized carbons (Fsp3) is 0.364. The number of carboxylic acids is 2. The number of methoxy groups -OCH3 is 2. The number of phenols is 1. The van der Waals surface area contributed by atoms with E-state index in [1.165, 1.54) is 5.56 Å². The smallest absolute Gasteiger partial charge is 0.414 e. The first-order valence-electron chi connectivity index (χ1n) is 9.83. The van der Waals surface area contributed by atoms with Crippen molar-refractivity contribution in [1.29, 1.82) is 0 Å². The van der Waals surface area contributed by atoms with Gasteiger partial charge in [0.05, 0.1) is 14.2 Å². The van der Waals surface area contributed by atoms with Crippen LogP contribution in [0.5, 0.6) is 17.2 Å². The lowest BCUT2D eigenvalue weighted by atomic mass is 10.1. The molecule has 1 aliphatic heterocycles. The second kappa shape index (κ2) is 12.1. The number of carbonyl (C=O) groups is 2. The third-order valence-corrected chi connectivity index (χ3v) is 5.31. The van der Waals surface area contributed by atoms with Crippen LogP contribution in [0.1, 0.15) is 11.1 Å². The molecule has 3 rings (SSSR count). The van der Waals surface area contributed by atoms with Crippen molar-refractivity contribution >= 4 is 23.5 Å². The van der Waals surface area contributed by atoms with Crippen LogP contribution in [0.4, 0.5) is 0 Å². The minimum absolute atomic E-state index is 0.0447. The van der Waals surface area contributed by atoms with Crippen molar-refractivity contribution in [2.24, 2.45) is 0 Å². The summed E-state index contributed by atoms with van der Waals surface area (Å²) < 4.78 is 10.5. The molecule has 10 heteroatoms. The molecule has 0 aromatic heterocycles. The van der Waals surface area contributed by atoms with Gasteiger partial charge in [-0.25, -0.2) is 9.59 Å². The largest absolute Gasteiger partial charge is 0.502 e. The van der Waals surface area contributed by atoms with Gasteiger partial charge in [-0.2, -0.15) is 0 Å². The second-order valence-electron chi connectivity index (χ2n) is 7.10. The quantitative estimate of drug-likeness (QED) is 0.551. The van der Waals surface area contributed by atoms with Gasteiger partial charge in [-0.3, -0.25) is 9.80 Å². The van der Waals surface area contributed by atoms with Gasteiger partial charge in [-0.15, -0.1) is 0 Å². The summed E-state index contributed by atoms with van der Waals surface area (Å²) in [5.41, 5.74) is 2.24. The van der Waals surface area contributed by atoms with Gasteiger partial charge in [0.25, 0.3) is 0 Å². The number of hydrogen-bond donors (Lipinski definition) is 3. The van der Waals surface area contributed by atoms with Gasteiger partial charge in [0.1, 0.15) is 0 Å². The molecule has 1 heterocycles. The highest BCUT2D eigenvalue weighted by Gasteiger charge is 2.19. The van der Waals surface area contributed by atoms with Crippen LogP contribution >= 0.6 is 11.6 Å². The first-order valence-corrected chi connectivity index (χ1v) is 10.2. The molecule has 174 valence electrons. The third-order valence-electron chi connectivity index (χ3n) is 4.95. The van der Waals surface area contributed by atoms with Crippen LogP contribution in [-0.4, -0.2) is 77.5 Å². The van der Waals surface area contributed by atoms with E-state index in [0.717, 1.165) is 49.9 Å². The van der Waals surface area contributed by atoms with E-state index in [0.29, 0.717) is 11.5 Å². The Labute approximate surface area is 191 Å². The van der Waals surface area contributed by atoms with Gasteiger partial charge < -0.3 is 24.8 Å². The standard InChI is InChI=1S/C20H25ClN2O3.C2H2O4/c1-25-18-11-15(12-19(26-2)20(18)24)13-22-7-9-23(10-8-22)14-16-5-3-4-6-17(16)21;3-1(4)2(5)6/h3-6,11-12,24H,7-10,13-14H2,1-2H3;(H,3,4)(H,5,6). The number of rotatable bonds is 6. The first kappa shape index (κ1) is 25.3. The summed E-state index contributed by atoms with van der Waals surface area (Å²) in [4.78, 5) is 23.0. The average molecular weight is 467 g/mol. The number of hydrogen-bond acceptors (Lipinski definition) is 7. The molecule has 1 aliphatic rings. The first-order chi connectivity index (χ1) is 15.2. The summed E-state index contributed by atoms with van der Waals surface area (Å²) in [6.07, 6.45) is 0. The number of phenolic OH excluding ortho intramolecular Hbond substituents is 1. The second-order valence-corrected chi connectivity index (χ2v) is 7.51. The SMILES string of the molecule is COc1cc(CN2CCN(Cc3ccccc3Cl)CC2)cc(OC)c1O.O=C(O)C(=O)O. The number of halogens is 1. The van der Waals surface area contributed by atoms with Crippen LogP contribution in [0.25, 0.3) is 0 Å². The van der Waals surface area contributed by atoms with Crippen molar-refractivity contribution in [3.8, 4) is 17.2 Å². The lowest BCUT2D eigenvalue weighted by molar-refractivity contribution is -0.159. The van der Waals surface area contributed by atoms with Crippen LogP contribution < -0.4 is 9.47 Å².